The molecule has 1 fully saturated rings. The first kappa shape index (κ1) is 14.2. The van der Waals surface area contributed by atoms with Crippen LogP contribution in [-0.4, -0.2) is 17.0 Å². The van der Waals surface area contributed by atoms with Crippen LogP contribution in [0.2, 0.25) is 5.02 Å². The predicted octanol–water partition coefficient (Wildman–Crippen LogP) is 4.51. The third-order valence-electron chi connectivity index (χ3n) is 3.61. The fourth-order valence-corrected chi connectivity index (χ4v) is 3.90. The molecule has 0 radical (unpaired) electrons. The van der Waals surface area contributed by atoms with Crippen LogP contribution < -0.4 is 0 Å². The van der Waals surface area contributed by atoms with Crippen molar-refractivity contribution in [2.45, 2.75) is 44.0 Å². The van der Waals surface area contributed by atoms with Crippen LogP contribution in [0.1, 0.15) is 37.7 Å². The summed E-state index contributed by atoms with van der Waals surface area (Å²) in [5, 5.41) is 10.8. The Hall–Kier alpha value is -0.180. The predicted molar refractivity (Wildman–Crippen MR) is 80.2 cm³/mol. The SMILES string of the molecule is OC(CSCc1ccccc1Cl)CC1CCCC1. The van der Waals surface area contributed by atoms with Gasteiger partial charge in [-0.3, -0.25) is 0 Å². The van der Waals surface area contributed by atoms with Crippen LogP contribution in [0.4, 0.5) is 0 Å². The van der Waals surface area contributed by atoms with E-state index in [0.29, 0.717) is 0 Å². The highest BCUT2D eigenvalue weighted by Gasteiger charge is 2.18. The van der Waals surface area contributed by atoms with E-state index in [0.717, 1.165) is 34.4 Å². The topological polar surface area (TPSA) is 20.2 Å². The van der Waals surface area contributed by atoms with Gasteiger partial charge in [0, 0.05) is 16.5 Å². The lowest BCUT2D eigenvalue weighted by Crippen LogP contribution is -2.14. The van der Waals surface area contributed by atoms with Gasteiger partial charge in [-0.05, 0) is 24.0 Å². The van der Waals surface area contributed by atoms with Crippen molar-refractivity contribution in [2.75, 3.05) is 5.75 Å². The van der Waals surface area contributed by atoms with E-state index in [9.17, 15) is 5.11 Å². The quantitative estimate of drug-likeness (QED) is 0.829. The maximum absolute atomic E-state index is 10.0. The highest BCUT2D eigenvalue weighted by molar-refractivity contribution is 7.98. The lowest BCUT2D eigenvalue weighted by atomic mass is 10.0. The summed E-state index contributed by atoms with van der Waals surface area (Å²) in [4.78, 5) is 0. The highest BCUT2D eigenvalue weighted by Crippen LogP contribution is 2.29. The maximum Gasteiger partial charge on any atom is 0.0633 e. The second kappa shape index (κ2) is 7.42. The molecule has 1 aromatic rings. The Kier molecular flexibility index (Phi) is 5.87. The number of thioether (sulfide) groups is 1. The highest BCUT2D eigenvalue weighted by atomic mass is 35.5. The Morgan fingerprint density at radius 2 is 2.00 bits per heavy atom. The Balaban J connectivity index is 1.67. The zero-order valence-corrected chi connectivity index (χ0v) is 12.2. The number of halogens is 1. The van der Waals surface area contributed by atoms with E-state index < -0.39 is 0 Å². The molecule has 2 rings (SSSR count). The van der Waals surface area contributed by atoms with Crippen molar-refractivity contribution < 1.29 is 5.11 Å². The van der Waals surface area contributed by atoms with E-state index in [2.05, 4.69) is 6.07 Å². The molecule has 0 aromatic heterocycles. The summed E-state index contributed by atoms with van der Waals surface area (Å²) in [5.74, 6) is 2.48. The lowest BCUT2D eigenvalue weighted by Gasteiger charge is -2.15. The standard InChI is InChI=1S/C15H21ClOS/c16-15-8-4-3-7-13(15)10-18-11-14(17)9-12-5-1-2-6-12/h3-4,7-8,12,14,17H,1-2,5-6,9-11H2. The Labute approximate surface area is 119 Å². The number of aliphatic hydroxyl groups excluding tert-OH is 1. The number of hydrogen-bond acceptors (Lipinski definition) is 2. The summed E-state index contributed by atoms with van der Waals surface area (Å²) >= 11 is 7.88. The first-order valence-corrected chi connectivity index (χ1v) is 8.28. The van der Waals surface area contributed by atoms with Crippen molar-refractivity contribution in [1.29, 1.82) is 0 Å². The molecule has 1 unspecified atom stereocenters. The molecule has 1 aliphatic carbocycles. The molecule has 0 aliphatic heterocycles. The molecule has 0 bridgehead atoms. The Bertz CT molecular complexity index is 363. The smallest absolute Gasteiger partial charge is 0.0633 e. The molecule has 0 spiro atoms. The van der Waals surface area contributed by atoms with Crippen LogP contribution in [0.5, 0.6) is 0 Å². The zero-order valence-electron chi connectivity index (χ0n) is 10.6. The van der Waals surface area contributed by atoms with Gasteiger partial charge >= 0.3 is 0 Å². The summed E-state index contributed by atoms with van der Waals surface area (Å²) in [6.07, 6.45) is 6.16. The number of hydrogen-bond donors (Lipinski definition) is 1. The van der Waals surface area contributed by atoms with Gasteiger partial charge in [-0.1, -0.05) is 55.5 Å². The van der Waals surface area contributed by atoms with Crippen LogP contribution in [0.25, 0.3) is 0 Å². The molecule has 1 atom stereocenters. The van der Waals surface area contributed by atoms with Crippen molar-refractivity contribution in [3.8, 4) is 0 Å². The van der Waals surface area contributed by atoms with E-state index in [1.165, 1.54) is 25.7 Å². The van der Waals surface area contributed by atoms with Crippen molar-refractivity contribution in [1.82, 2.24) is 0 Å². The molecule has 100 valence electrons. The minimum atomic E-state index is -0.152. The number of aliphatic hydroxyl groups is 1. The first-order chi connectivity index (χ1) is 8.75. The van der Waals surface area contributed by atoms with E-state index in [4.69, 9.17) is 11.6 Å². The average Bonchev–Trinajstić information content (AvgIpc) is 2.84. The van der Waals surface area contributed by atoms with Gasteiger partial charge in [0.25, 0.3) is 0 Å². The molecular weight excluding hydrogens is 264 g/mol. The molecule has 1 aromatic carbocycles. The second-order valence-electron chi connectivity index (χ2n) is 5.15. The molecule has 18 heavy (non-hydrogen) atoms. The largest absolute Gasteiger partial charge is 0.392 e. The van der Waals surface area contributed by atoms with Gasteiger partial charge in [-0.15, -0.1) is 0 Å². The van der Waals surface area contributed by atoms with Gasteiger partial charge in [0.2, 0.25) is 0 Å². The molecule has 1 N–H and O–H groups in total. The van der Waals surface area contributed by atoms with E-state index in [1.54, 1.807) is 11.8 Å². The monoisotopic (exact) mass is 284 g/mol. The molecule has 0 saturated heterocycles. The number of benzene rings is 1. The van der Waals surface area contributed by atoms with Gasteiger partial charge in [-0.25, -0.2) is 0 Å². The van der Waals surface area contributed by atoms with E-state index in [-0.39, 0.29) is 6.10 Å². The molecule has 0 amide bonds. The first-order valence-electron chi connectivity index (χ1n) is 6.75. The third kappa shape index (κ3) is 4.49. The second-order valence-corrected chi connectivity index (χ2v) is 6.58. The third-order valence-corrected chi connectivity index (χ3v) is 5.11. The number of rotatable bonds is 6. The van der Waals surface area contributed by atoms with Crippen LogP contribution in [0, 0.1) is 5.92 Å². The van der Waals surface area contributed by atoms with Crippen molar-refractivity contribution in [3.05, 3.63) is 34.9 Å². The molecular formula is C15H21ClOS. The fourth-order valence-electron chi connectivity index (χ4n) is 2.62. The van der Waals surface area contributed by atoms with Crippen LogP contribution >= 0.6 is 23.4 Å². The van der Waals surface area contributed by atoms with Crippen LogP contribution in [0.15, 0.2) is 24.3 Å². The van der Waals surface area contributed by atoms with Crippen molar-refractivity contribution in [3.63, 3.8) is 0 Å². The van der Waals surface area contributed by atoms with Crippen molar-refractivity contribution >= 4 is 23.4 Å². The van der Waals surface area contributed by atoms with Gasteiger partial charge in [-0.2, -0.15) is 11.8 Å². The fraction of sp³-hybridized carbons (Fsp3) is 0.600. The molecule has 1 aliphatic rings. The Morgan fingerprint density at radius 1 is 1.28 bits per heavy atom. The Morgan fingerprint density at radius 3 is 2.72 bits per heavy atom. The summed E-state index contributed by atoms with van der Waals surface area (Å²) in [7, 11) is 0. The molecule has 1 nitrogen and oxygen atoms in total. The van der Waals surface area contributed by atoms with E-state index in [1.807, 2.05) is 18.2 Å². The van der Waals surface area contributed by atoms with Crippen LogP contribution in [-0.2, 0) is 5.75 Å². The van der Waals surface area contributed by atoms with Gasteiger partial charge in [0.1, 0.15) is 0 Å². The molecule has 0 heterocycles. The van der Waals surface area contributed by atoms with Gasteiger partial charge in [0.15, 0.2) is 0 Å². The summed E-state index contributed by atoms with van der Waals surface area (Å²) in [5.41, 5.74) is 1.16. The van der Waals surface area contributed by atoms with Gasteiger partial charge in [0.05, 0.1) is 6.10 Å². The minimum Gasteiger partial charge on any atom is -0.392 e. The summed E-state index contributed by atoms with van der Waals surface area (Å²) < 4.78 is 0. The van der Waals surface area contributed by atoms with Crippen LogP contribution in [0.3, 0.4) is 0 Å². The van der Waals surface area contributed by atoms with E-state index >= 15 is 0 Å². The maximum atomic E-state index is 10.0. The lowest BCUT2D eigenvalue weighted by molar-refractivity contribution is 0.166. The summed E-state index contributed by atoms with van der Waals surface area (Å²) in [6.45, 7) is 0. The zero-order chi connectivity index (χ0) is 12.8. The normalized spacial score (nSPS) is 18.1. The summed E-state index contributed by atoms with van der Waals surface area (Å²) in [6, 6.07) is 7.94. The minimum absolute atomic E-state index is 0.152. The molecule has 3 heteroatoms. The van der Waals surface area contributed by atoms with Gasteiger partial charge < -0.3 is 5.11 Å². The molecule has 1 saturated carbocycles. The average molecular weight is 285 g/mol. The van der Waals surface area contributed by atoms with Crippen molar-refractivity contribution in [2.24, 2.45) is 5.92 Å².